The summed E-state index contributed by atoms with van der Waals surface area (Å²) in [5, 5.41) is 3.53. The lowest BCUT2D eigenvalue weighted by Gasteiger charge is -2.43. The van der Waals surface area contributed by atoms with Crippen LogP contribution in [0.4, 0.5) is 4.39 Å². The van der Waals surface area contributed by atoms with E-state index in [1.807, 2.05) is 37.4 Å². The highest BCUT2D eigenvalue weighted by atomic mass is 19.1. The van der Waals surface area contributed by atoms with Crippen LogP contribution in [-0.2, 0) is 11.2 Å². The number of benzene rings is 2. The fourth-order valence-electron chi connectivity index (χ4n) is 4.28. The predicted molar refractivity (Wildman–Crippen MR) is 104 cm³/mol. The van der Waals surface area contributed by atoms with E-state index in [1.165, 1.54) is 12.1 Å². The Labute approximate surface area is 164 Å². The zero-order valence-corrected chi connectivity index (χ0v) is 15.9. The summed E-state index contributed by atoms with van der Waals surface area (Å²) in [6.07, 6.45) is 1.89. The molecule has 0 aromatic heterocycles. The van der Waals surface area contributed by atoms with E-state index >= 15 is 0 Å². The molecule has 1 atom stereocenters. The maximum absolute atomic E-state index is 13.9. The molecule has 1 spiro atoms. The summed E-state index contributed by atoms with van der Waals surface area (Å²) in [5.41, 5.74) is 0.776. The molecule has 146 valence electrons. The number of halogens is 1. The first kappa shape index (κ1) is 18.6. The number of carbonyl (C=O) groups excluding carboxylic acids is 2. The van der Waals surface area contributed by atoms with Gasteiger partial charge < -0.3 is 9.80 Å². The Balaban J connectivity index is 1.44. The molecule has 1 unspecified atom stereocenters. The second-order valence-corrected chi connectivity index (χ2v) is 7.59. The van der Waals surface area contributed by atoms with Crippen molar-refractivity contribution in [3.8, 4) is 0 Å². The van der Waals surface area contributed by atoms with E-state index in [-0.39, 0.29) is 23.4 Å². The van der Waals surface area contributed by atoms with Crippen LogP contribution < -0.4 is 5.32 Å². The Kier molecular flexibility index (Phi) is 4.89. The Hall–Kier alpha value is -2.73. The molecule has 2 aromatic carbocycles. The van der Waals surface area contributed by atoms with E-state index in [0.29, 0.717) is 32.4 Å². The van der Waals surface area contributed by atoms with Crippen LogP contribution in [0.1, 0.15) is 28.8 Å². The van der Waals surface area contributed by atoms with Gasteiger partial charge in [0.05, 0.1) is 17.3 Å². The van der Waals surface area contributed by atoms with Crippen molar-refractivity contribution in [3.63, 3.8) is 0 Å². The molecule has 6 heteroatoms. The fraction of sp³-hybridized carbons (Fsp3) is 0.364. The topological polar surface area (TPSA) is 52.7 Å². The van der Waals surface area contributed by atoms with E-state index in [0.717, 1.165) is 5.56 Å². The van der Waals surface area contributed by atoms with Crippen molar-refractivity contribution in [3.05, 3.63) is 71.5 Å². The van der Waals surface area contributed by atoms with Crippen molar-refractivity contribution in [1.29, 1.82) is 0 Å². The van der Waals surface area contributed by atoms with Crippen molar-refractivity contribution in [1.82, 2.24) is 15.1 Å². The summed E-state index contributed by atoms with van der Waals surface area (Å²) in [5.74, 6) is -0.708. The number of rotatable bonds is 3. The van der Waals surface area contributed by atoms with Crippen molar-refractivity contribution < 1.29 is 14.0 Å². The highest BCUT2D eigenvalue weighted by Crippen LogP contribution is 2.32. The molecule has 2 heterocycles. The predicted octanol–water partition coefficient (Wildman–Crippen LogP) is 2.43. The fourth-order valence-corrected chi connectivity index (χ4v) is 4.28. The molecule has 28 heavy (non-hydrogen) atoms. The highest BCUT2D eigenvalue weighted by molar-refractivity contribution is 5.94. The first-order valence-corrected chi connectivity index (χ1v) is 9.63. The number of likely N-dealkylation sites (N-methyl/N-ethyl adjacent to an activating group) is 1. The number of piperidine rings is 1. The lowest BCUT2D eigenvalue weighted by Crippen LogP contribution is -2.58. The third-order valence-electron chi connectivity index (χ3n) is 5.98. The largest absolute Gasteiger partial charge is 0.338 e. The van der Waals surface area contributed by atoms with Gasteiger partial charge in [0, 0.05) is 33.0 Å². The van der Waals surface area contributed by atoms with E-state index in [9.17, 15) is 14.0 Å². The Bertz CT molecular complexity index is 878. The monoisotopic (exact) mass is 381 g/mol. The summed E-state index contributed by atoms with van der Waals surface area (Å²) in [7, 11) is 1.83. The minimum absolute atomic E-state index is 0.0812. The first-order valence-electron chi connectivity index (χ1n) is 9.63. The van der Waals surface area contributed by atoms with Crippen LogP contribution >= 0.6 is 0 Å². The lowest BCUT2D eigenvalue weighted by molar-refractivity contribution is -0.131. The minimum atomic E-state index is -0.498. The summed E-state index contributed by atoms with van der Waals surface area (Å²) < 4.78 is 13.9. The minimum Gasteiger partial charge on any atom is -0.338 e. The molecule has 2 saturated heterocycles. The van der Waals surface area contributed by atoms with Gasteiger partial charge in [-0.1, -0.05) is 42.5 Å². The average Bonchev–Trinajstić information content (AvgIpc) is 2.94. The van der Waals surface area contributed by atoms with Crippen molar-refractivity contribution >= 4 is 11.8 Å². The molecule has 2 amide bonds. The molecule has 2 aliphatic rings. The van der Waals surface area contributed by atoms with Crippen molar-refractivity contribution in [2.75, 3.05) is 20.1 Å². The van der Waals surface area contributed by atoms with Crippen LogP contribution in [0, 0.1) is 5.82 Å². The molecule has 5 nitrogen and oxygen atoms in total. The SMILES string of the molecule is CN1C(=O)C(Cc2ccccc2)NC12CCN(C(=O)c1ccccc1F)CC2. The molecule has 2 aliphatic heterocycles. The van der Waals surface area contributed by atoms with Crippen LogP contribution in [0.5, 0.6) is 0 Å². The summed E-state index contributed by atoms with van der Waals surface area (Å²) in [4.78, 5) is 28.9. The molecule has 2 aromatic rings. The zero-order valence-electron chi connectivity index (χ0n) is 15.9. The smallest absolute Gasteiger partial charge is 0.256 e. The van der Waals surface area contributed by atoms with E-state index in [2.05, 4.69) is 5.32 Å². The average molecular weight is 381 g/mol. The number of hydrogen-bond donors (Lipinski definition) is 1. The van der Waals surface area contributed by atoms with Crippen LogP contribution in [0.2, 0.25) is 0 Å². The maximum atomic E-state index is 13.9. The second-order valence-electron chi connectivity index (χ2n) is 7.59. The van der Waals surface area contributed by atoms with Crippen LogP contribution in [0.25, 0.3) is 0 Å². The number of nitrogens with one attached hydrogen (secondary N) is 1. The van der Waals surface area contributed by atoms with Crippen LogP contribution in [-0.4, -0.2) is 53.5 Å². The van der Waals surface area contributed by atoms with Gasteiger partial charge in [0.15, 0.2) is 0 Å². The van der Waals surface area contributed by atoms with Crippen LogP contribution in [0.3, 0.4) is 0 Å². The molecule has 0 saturated carbocycles. The highest BCUT2D eigenvalue weighted by Gasteiger charge is 2.50. The molecule has 0 aliphatic carbocycles. The molecular weight excluding hydrogens is 357 g/mol. The first-order chi connectivity index (χ1) is 13.5. The van der Waals surface area contributed by atoms with Gasteiger partial charge in [-0.05, 0) is 24.1 Å². The lowest BCUT2D eigenvalue weighted by atomic mass is 9.95. The third-order valence-corrected chi connectivity index (χ3v) is 5.98. The molecule has 4 rings (SSSR count). The van der Waals surface area contributed by atoms with E-state index in [1.54, 1.807) is 21.9 Å². The van der Waals surface area contributed by atoms with Gasteiger partial charge in [0.25, 0.3) is 5.91 Å². The van der Waals surface area contributed by atoms with Gasteiger partial charge >= 0.3 is 0 Å². The normalized spacial score (nSPS) is 21.4. The zero-order chi connectivity index (χ0) is 19.7. The summed E-state index contributed by atoms with van der Waals surface area (Å²) >= 11 is 0. The number of amides is 2. The van der Waals surface area contributed by atoms with Gasteiger partial charge in [-0.25, -0.2) is 4.39 Å². The molecule has 2 fully saturated rings. The Morgan fingerprint density at radius 3 is 2.43 bits per heavy atom. The number of likely N-dealkylation sites (tertiary alicyclic amines) is 1. The van der Waals surface area contributed by atoms with E-state index < -0.39 is 11.5 Å². The molecule has 0 radical (unpaired) electrons. The molecular formula is C22H24FN3O2. The van der Waals surface area contributed by atoms with E-state index in [4.69, 9.17) is 0 Å². The number of carbonyl (C=O) groups is 2. The second kappa shape index (κ2) is 7.36. The maximum Gasteiger partial charge on any atom is 0.256 e. The summed E-state index contributed by atoms with van der Waals surface area (Å²) in [6.45, 7) is 0.964. The van der Waals surface area contributed by atoms with Gasteiger partial charge in [0.2, 0.25) is 5.91 Å². The summed E-state index contributed by atoms with van der Waals surface area (Å²) in [6, 6.07) is 15.8. The van der Waals surface area contributed by atoms with Crippen molar-refractivity contribution in [2.24, 2.45) is 0 Å². The van der Waals surface area contributed by atoms with Crippen molar-refractivity contribution in [2.45, 2.75) is 31.0 Å². The van der Waals surface area contributed by atoms with Gasteiger partial charge in [0.1, 0.15) is 5.82 Å². The quantitative estimate of drug-likeness (QED) is 0.889. The number of nitrogens with zero attached hydrogens (tertiary/aromatic N) is 2. The third kappa shape index (κ3) is 3.29. The van der Waals surface area contributed by atoms with Gasteiger partial charge in [-0.15, -0.1) is 0 Å². The van der Waals surface area contributed by atoms with Gasteiger partial charge in [-0.2, -0.15) is 0 Å². The molecule has 1 N–H and O–H groups in total. The van der Waals surface area contributed by atoms with Gasteiger partial charge in [-0.3, -0.25) is 14.9 Å². The van der Waals surface area contributed by atoms with Crippen LogP contribution in [0.15, 0.2) is 54.6 Å². The number of hydrogen-bond acceptors (Lipinski definition) is 3. The Morgan fingerprint density at radius 1 is 1.11 bits per heavy atom. The Morgan fingerprint density at radius 2 is 1.75 bits per heavy atom. The standard InChI is InChI=1S/C22H24FN3O2/c1-25-21(28)19(15-16-7-3-2-4-8-16)24-22(25)11-13-26(14-12-22)20(27)17-9-5-6-10-18(17)23/h2-10,19,24H,11-15H2,1H3. The molecule has 0 bridgehead atoms.